The predicted octanol–water partition coefficient (Wildman–Crippen LogP) is 7.75. The summed E-state index contributed by atoms with van der Waals surface area (Å²) in [5.74, 6) is 0.718. The fraction of sp³-hybridized carbons (Fsp3) is 0.529. The Kier molecular flexibility index (Phi) is 12.9. The van der Waals surface area contributed by atoms with Gasteiger partial charge in [0, 0.05) is 23.3 Å². The van der Waals surface area contributed by atoms with Crippen LogP contribution in [0.25, 0.3) is 17.0 Å². The molecule has 3 N–H and O–H groups in total. The number of carbonyl (C=O) groups excluding carboxylic acids is 1. The molecule has 0 bridgehead atoms. The molecule has 0 aliphatic carbocycles. The number of fused-ring (bicyclic) bond motifs is 1. The predicted molar refractivity (Wildman–Crippen MR) is 165 cm³/mol. The van der Waals surface area contributed by atoms with Gasteiger partial charge in [-0.25, -0.2) is 9.59 Å². The van der Waals surface area contributed by atoms with E-state index in [2.05, 4.69) is 45.9 Å². The van der Waals surface area contributed by atoms with Gasteiger partial charge in [-0.15, -0.1) is 0 Å². The van der Waals surface area contributed by atoms with E-state index in [1.54, 1.807) is 6.07 Å². The van der Waals surface area contributed by atoms with Gasteiger partial charge >= 0.3 is 11.7 Å². The first kappa shape index (κ1) is 33.1. The molecule has 1 aromatic heterocycles. The molecule has 0 aliphatic rings. The van der Waals surface area contributed by atoms with E-state index < -0.39 is 18.3 Å². The van der Waals surface area contributed by atoms with Gasteiger partial charge in [-0.3, -0.25) is 0 Å². The van der Waals surface area contributed by atoms with Crippen molar-refractivity contribution in [3.63, 3.8) is 0 Å². The Balaban J connectivity index is 2.02. The number of allylic oxidation sites excluding steroid dienone is 4. The summed E-state index contributed by atoms with van der Waals surface area (Å²) in [7, 11) is 0. The summed E-state index contributed by atoms with van der Waals surface area (Å²) in [5, 5.41) is 12.1. The van der Waals surface area contributed by atoms with Crippen LogP contribution in [0, 0.1) is 35.5 Å². The number of carbonyl (C=O) groups is 1. The van der Waals surface area contributed by atoms with E-state index in [1.165, 1.54) is 11.6 Å². The Morgan fingerprint density at radius 3 is 2.33 bits per heavy atom. The molecule has 0 fully saturated rings. The molecule has 2 rings (SSSR count). The third-order valence-corrected chi connectivity index (χ3v) is 8.18. The van der Waals surface area contributed by atoms with Crippen molar-refractivity contribution in [2.75, 3.05) is 0 Å². The number of nitrogens with two attached hydrogens (primary N) is 1. The molecule has 6 heteroatoms. The van der Waals surface area contributed by atoms with E-state index >= 15 is 0 Å². The summed E-state index contributed by atoms with van der Waals surface area (Å²) in [4.78, 5) is 23.1. The second-order valence-corrected chi connectivity index (χ2v) is 11.6. The Morgan fingerprint density at radius 2 is 1.68 bits per heavy atom. The molecule has 2 aromatic rings. The normalized spacial score (nSPS) is 18.8. The highest BCUT2D eigenvalue weighted by molar-refractivity contribution is 5.79. The Hall–Kier alpha value is -3.12. The van der Waals surface area contributed by atoms with E-state index in [4.69, 9.17) is 14.9 Å². The number of primary amides is 1. The van der Waals surface area contributed by atoms with Crippen molar-refractivity contribution < 1.29 is 19.1 Å². The van der Waals surface area contributed by atoms with E-state index in [0.29, 0.717) is 23.3 Å². The molecular formula is C34H49NO5. The lowest BCUT2D eigenvalue weighted by molar-refractivity contribution is -0.0266. The molecule has 1 amide bonds. The minimum atomic E-state index is -0.817. The maximum Gasteiger partial charge on any atom is 0.404 e. The monoisotopic (exact) mass is 551 g/mol. The molecule has 1 aromatic carbocycles. The van der Waals surface area contributed by atoms with E-state index in [9.17, 15) is 14.7 Å². The number of amides is 1. The molecule has 1 heterocycles. The second-order valence-electron chi connectivity index (χ2n) is 11.6. The number of aliphatic hydroxyl groups excluding tert-OH is 1. The zero-order valence-corrected chi connectivity index (χ0v) is 25.5. The van der Waals surface area contributed by atoms with Crippen molar-refractivity contribution >= 4 is 23.1 Å². The van der Waals surface area contributed by atoms with Crippen molar-refractivity contribution in [1.29, 1.82) is 0 Å². The molecule has 0 radical (unpaired) electrons. The molecule has 6 nitrogen and oxygen atoms in total. The maximum atomic E-state index is 11.6. The average Bonchev–Trinajstić information content (AvgIpc) is 2.91. The average molecular weight is 552 g/mol. The molecule has 0 spiro atoms. The van der Waals surface area contributed by atoms with Crippen molar-refractivity contribution in [2.24, 2.45) is 41.2 Å². The molecule has 0 saturated carbocycles. The lowest BCUT2D eigenvalue weighted by atomic mass is 9.80. The van der Waals surface area contributed by atoms with Crippen LogP contribution in [0.4, 0.5) is 4.79 Å². The molecule has 0 saturated heterocycles. The molecule has 220 valence electrons. The van der Waals surface area contributed by atoms with E-state index in [-0.39, 0.29) is 23.4 Å². The summed E-state index contributed by atoms with van der Waals surface area (Å²) in [6, 6.07) is 9.09. The van der Waals surface area contributed by atoms with Gasteiger partial charge in [-0.05, 0) is 61.1 Å². The van der Waals surface area contributed by atoms with Gasteiger partial charge in [0.25, 0.3) is 0 Å². The number of benzene rings is 1. The highest BCUT2D eigenvalue weighted by Crippen LogP contribution is 2.30. The molecule has 40 heavy (non-hydrogen) atoms. The second kappa shape index (κ2) is 15.6. The number of aliphatic hydroxyl groups is 1. The topological polar surface area (TPSA) is 103 Å². The summed E-state index contributed by atoms with van der Waals surface area (Å²) >= 11 is 0. The van der Waals surface area contributed by atoms with Crippen LogP contribution in [0.5, 0.6) is 0 Å². The van der Waals surface area contributed by atoms with Crippen LogP contribution in [-0.4, -0.2) is 23.4 Å². The Morgan fingerprint density at radius 1 is 1.00 bits per heavy atom. The lowest BCUT2D eigenvalue weighted by Crippen LogP contribution is -2.41. The zero-order valence-electron chi connectivity index (χ0n) is 25.5. The van der Waals surface area contributed by atoms with Crippen LogP contribution in [0.15, 0.2) is 69.4 Å². The van der Waals surface area contributed by atoms with Crippen molar-refractivity contribution in [3.05, 3.63) is 76.2 Å². The van der Waals surface area contributed by atoms with Gasteiger partial charge in [0.1, 0.15) is 11.7 Å². The van der Waals surface area contributed by atoms with Crippen molar-refractivity contribution in [1.82, 2.24) is 0 Å². The smallest absolute Gasteiger partial charge is 0.404 e. The molecule has 0 aliphatic heterocycles. The van der Waals surface area contributed by atoms with Gasteiger partial charge in [0.15, 0.2) is 0 Å². The molecule has 8 atom stereocenters. The van der Waals surface area contributed by atoms with Gasteiger partial charge in [-0.1, -0.05) is 96.6 Å². The van der Waals surface area contributed by atoms with Gasteiger partial charge in [0.05, 0.1) is 6.10 Å². The standard InChI is InChI=1S/C34H49NO5/c1-9-10-11-23(4)33(40-34(35)38)27(8)32(37)25(6)19-21(2)18-24(5)26(7)22(3)12-13-28-14-15-29-16-17-31(36)39-30(29)20-28/h10-18,20,22-27,32-33,37H,9,19H2,1-8H3,(H2,35,38)/b11-10-,13-12-,21-18-/t22?,23?,24-,25-,26-,27-,32+,33-/m0/s1. The van der Waals surface area contributed by atoms with Gasteiger partial charge in [0.2, 0.25) is 0 Å². The highest BCUT2D eigenvalue weighted by atomic mass is 16.6. The van der Waals surface area contributed by atoms with Crippen molar-refractivity contribution in [2.45, 2.75) is 80.4 Å². The number of hydrogen-bond acceptors (Lipinski definition) is 5. The first-order valence-electron chi connectivity index (χ1n) is 14.5. The number of hydrogen-bond donors (Lipinski definition) is 2. The third-order valence-electron chi connectivity index (χ3n) is 8.18. The van der Waals surface area contributed by atoms with Crippen LogP contribution in [0.3, 0.4) is 0 Å². The zero-order chi connectivity index (χ0) is 30.0. The summed E-state index contributed by atoms with van der Waals surface area (Å²) in [5.41, 5.74) is 7.81. The van der Waals surface area contributed by atoms with E-state index in [0.717, 1.165) is 23.8 Å². The quantitative estimate of drug-likeness (QED) is 0.185. The molecule has 2 unspecified atom stereocenters. The minimum Gasteiger partial charge on any atom is -0.445 e. The van der Waals surface area contributed by atoms with Crippen LogP contribution < -0.4 is 11.4 Å². The van der Waals surface area contributed by atoms with Gasteiger partial charge in [-0.2, -0.15) is 0 Å². The Bertz CT molecular complexity index is 1240. The van der Waals surface area contributed by atoms with Crippen LogP contribution in [0.1, 0.15) is 73.8 Å². The third kappa shape index (κ3) is 9.81. The van der Waals surface area contributed by atoms with Crippen LogP contribution >= 0.6 is 0 Å². The largest absolute Gasteiger partial charge is 0.445 e. The summed E-state index contributed by atoms with van der Waals surface area (Å²) in [6.45, 7) is 16.8. The van der Waals surface area contributed by atoms with Gasteiger partial charge < -0.3 is 20.0 Å². The van der Waals surface area contributed by atoms with Crippen LogP contribution in [0.2, 0.25) is 0 Å². The fourth-order valence-corrected chi connectivity index (χ4v) is 5.40. The fourth-order valence-electron chi connectivity index (χ4n) is 5.40. The summed E-state index contributed by atoms with van der Waals surface area (Å²) in [6.07, 6.45) is 10.3. The summed E-state index contributed by atoms with van der Waals surface area (Å²) < 4.78 is 10.8. The first-order chi connectivity index (χ1) is 18.8. The lowest BCUT2D eigenvalue weighted by Gasteiger charge is -2.33. The first-order valence-corrected chi connectivity index (χ1v) is 14.5. The van der Waals surface area contributed by atoms with E-state index in [1.807, 2.05) is 58.0 Å². The maximum absolute atomic E-state index is 11.6. The van der Waals surface area contributed by atoms with Crippen LogP contribution in [-0.2, 0) is 4.74 Å². The highest BCUT2D eigenvalue weighted by Gasteiger charge is 2.33. The molecular weight excluding hydrogens is 502 g/mol. The minimum absolute atomic E-state index is 0.0136. The number of rotatable bonds is 14. The Labute approximate surface area is 240 Å². The SMILES string of the molecule is CC/C=C\C(C)[C@H](OC(N)=O)[C@@H](C)[C@H](O)[C@@H](C)C/C(C)=C\[C@H](C)[C@@H](C)C(C)/C=C\c1ccc2ccc(=O)oc2c1. The number of ether oxygens (including phenoxy) is 1. The van der Waals surface area contributed by atoms with Crippen molar-refractivity contribution in [3.8, 4) is 0 Å².